The SMILES string of the molecule is CN1CCCc2c(ccn2CCCCN2CCC(C(=O)c3ccc(F)cc3)CC2)C1=O. The van der Waals surface area contributed by atoms with Crippen molar-refractivity contribution in [3.8, 4) is 0 Å². The van der Waals surface area contributed by atoms with Crippen LogP contribution in [0.15, 0.2) is 36.5 Å². The van der Waals surface area contributed by atoms with Crippen LogP contribution in [0.1, 0.15) is 58.5 Å². The number of nitrogens with zero attached hydrogens (tertiary/aromatic N) is 3. The van der Waals surface area contributed by atoms with Crippen LogP contribution < -0.4 is 0 Å². The maximum atomic E-state index is 13.1. The molecule has 0 N–H and O–H groups in total. The molecule has 4 rings (SSSR count). The van der Waals surface area contributed by atoms with Crippen LogP contribution in [-0.2, 0) is 13.0 Å². The largest absolute Gasteiger partial charge is 0.351 e. The van der Waals surface area contributed by atoms with Crippen molar-refractivity contribution in [2.45, 2.75) is 45.1 Å². The van der Waals surface area contributed by atoms with Crippen LogP contribution >= 0.6 is 0 Å². The van der Waals surface area contributed by atoms with Gasteiger partial charge in [0.25, 0.3) is 5.91 Å². The van der Waals surface area contributed by atoms with Crippen molar-refractivity contribution in [1.29, 1.82) is 0 Å². The lowest BCUT2D eigenvalue weighted by Gasteiger charge is -2.31. The van der Waals surface area contributed by atoms with Gasteiger partial charge in [-0.05, 0) is 88.5 Å². The Kier molecular flexibility index (Phi) is 6.86. The van der Waals surface area contributed by atoms with E-state index in [0.29, 0.717) is 5.56 Å². The molecule has 1 amide bonds. The van der Waals surface area contributed by atoms with Crippen molar-refractivity contribution in [2.24, 2.45) is 5.92 Å². The van der Waals surface area contributed by atoms with Gasteiger partial charge in [-0.2, -0.15) is 0 Å². The number of carbonyl (C=O) groups is 2. The first kappa shape index (κ1) is 21.8. The van der Waals surface area contributed by atoms with Gasteiger partial charge in [-0.25, -0.2) is 4.39 Å². The number of carbonyl (C=O) groups excluding carboxylic acids is 2. The molecule has 1 aromatic heterocycles. The summed E-state index contributed by atoms with van der Waals surface area (Å²) in [6.45, 7) is 4.70. The number of hydrogen-bond acceptors (Lipinski definition) is 3. The Balaban J connectivity index is 1.20. The topological polar surface area (TPSA) is 45.5 Å². The van der Waals surface area contributed by atoms with Gasteiger partial charge in [-0.3, -0.25) is 9.59 Å². The fourth-order valence-electron chi connectivity index (χ4n) is 4.86. The number of rotatable bonds is 7. The van der Waals surface area contributed by atoms with E-state index in [1.165, 1.54) is 17.8 Å². The average molecular weight is 426 g/mol. The summed E-state index contributed by atoms with van der Waals surface area (Å²) in [5.74, 6) is 0.0337. The number of piperidine rings is 1. The Morgan fingerprint density at radius 3 is 2.48 bits per heavy atom. The van der Waals surface area contributed by atoms with E-state index in [-0.39, 0.29) is 23.4 Å². The van der Waals surface area contributed by atoms with E-state index in [2.05, 4.69) is 15.7 Å². The minimum absolute atomic E-state index is 0.0488. The molecule has 0 atom stereocenters. The molecule has 1 aromatic carbocycles. The second kappa shape index (κ2) is 9.77. The van der Waals surface area contributed by atoms with E-state index >= 15 is 0 Å². The lowest BCUT2D eigenvalue weighted by atomic mass is 9.89. The van der Waals surface area contributed by atoms with E-state index in [0.717, 1.165) is 76.8 Å². The van der Waals surface area contributed by atoms with Gasteiger partial charge in [-0.15, -0.1) is 0 Å². The summed E-state index contributed by atoms with van der Waals surface area (Å²) in [4.78, 5) is 29.3. The number of Topliss-reactive ketones (excluding diaryl/α,β-unsaturated/α-hetero) is 1. The summed E-state index contributed by atoms with van der Waals surface area (Å²) in [6.07, 6.45) is 7.98. The molecule has 31 heavy (non-hydrogen) atoms. The standard InChI is InChI=1S/C25H32FN3O2/c1-27-13-4-5-23-22(25(27)31)12-18-29(23)15-3-2-14-28-16-10-20(11-17-28)24(30)19-6-8-21(26)9-7-19/h6-9,12,18,20H,2-5,10-11,13-17H2,1H3. The first-order valence-electron chi connectivity index (χ1n) is 11.5. The van der Waals surface area contributed by atoms with E-state index in [1.807, 2.05) is 18.0 Å². The number of aryl methyl sites for hydroxylation is 1. The molecule has 0 saturated carbocycles. The molecule has 2 aliphatic heterocycles. The highest BCUT2D eigenvalue weighted by atomic mass is 19.1. The van der Waals surface area contributed by atoms with E-state index in [4.69, 9.17) is 0 Å². The summed E-state index contributed by atoms with van der Waals surface area (Å²) in [5.41, 5.74) is 2.68. The monoisotopic (exact) mass is 425 g/mol. The molecule has 0 bridgehead atoms. The quantitative estimate of drug-likeness (QED) is 0.497. The van der Waals surface area contributed by atoms with Gasteiger partial charge in [-0.1, -0.05) is 0 Å². The number of hydrogen-bond donors (Lipinski definition) is 0. The Morgan fingerprint density at radius 2 is 1.74 bits per heavy atom. The molecule has 2 aliphatic rings. The molecule has 1 fully saturated rings. The van der Waals surface area contributed by atoms with Crippen LogP contribution in [0.3, 0.4) is 0 Å². The van der Waals surface area contributed by atoms with Gasteiger partial charge in [0, 0.05) is 43.5 Å². The lowest BCUT2D eigenvalue weighted by molar-refractivity contribution is 0.0799. The fraction of sp³-hybridized carbons (Fsp3) is 0.520. The first-order chi connectivity index (χ1) is 15.0. The molecule has 0 radical (unpaired) electrons. The molecule has 0 aliphatic carbocycles. The van der Waals surface area contributed by atoms with Crippen LogP contribution in [0.4, 0.5) is 4.39 Å². The van der Waals surface area contributed by atoms with Crippen molar-refractivity contribution >= 4 is 11.7 Å². The fourth-order valence-corrected chi connectivity index (χ4v) is 4.86. The van der Waals surface area contributed by atoms with Crippen molar-refractivity contribution in [3.63, 3.8) is 0 Å². The second-order valence-corrected chi connectivity index (χ2v) is 8.89. The maximum Gasteiger partial charge on any atom is 0.255 e. The minimum atomic E-state index is -0.304. The normalized spacial score (nSPS) is 18.1. The van der Waals surface area contributed by atoms with E-state index in [9.17, 15) is 14.0 Å². The molecule has 0 unspecified atom stereocenters. The summed E-state index contributed by atoms with van der Waals surface area (Å²) in [7, 11) is 1.88. The van der Waals surface area contributed by atoms with Crippen LogP contribution in [-0.4, -0.2) is 59.3 Å². The van der Waals surface area contributed by atoms with Crippen molar-refractivity contribution in [2.75, 3.05) is 33.2 Å². The van der Waals surface area contributed by atoms with Gasteiger partial charge in [0.15, 0.2) is 5.78 Å². The van der Waals surface area contributed by atoms with Crippen LogP contribution in [0.2, 0.25) is 0 Å². The predicted octanol–water partition coefficient (Wildman–Crippen LogP) is 4.02. The van der Waals surface area contributed by atoms with Crippen molar-refractivity contribution in [3.05, 3.63) is 59.2 Å². The van der Waals surface area contributed by atoms with E-state index in [1.54, 1.807) is 12.1 Å². The average Bonchev–Trinajstić information content (AvgIpc) is 3.12. The summed E-state index contributed by atoms with van der Waals surface area (Å²) < 4.78 is 15.3. The zero-order valence-corrected chi connectivity index (χ0v) is 18.4. The molecular weight excluding hydrogens is 393 g/mol. The third-order valence-electron chi connectivity index (χ3n) is 6.77. The predicted molar refractivity (Wildman–Crippen MR) is 119 cm³/mol. The highest BCUT2D eigenvalue weighted by Gasteiger charge is 2.26. The summed E-state index contributed by atoms with van der Waals surface area (Å²) in [5, 5.41) is 0. The lowest BCUT2D eigenvalue weighted by Crippen LogP contribution is -2.37. The molecule has 2 aromatic rings. The van der Waals surface area contributed by atoms with Crippen LogP contribution in [0.25, 0.3) is 0 Å². The molecule has 6 heteroatoms. The van der Waals surface area contributed by atoms with Crippen molar-refractivity contribution in [1.82, 2.24) is 14.4 Å². The van der Waals surface area contributed by atoms with Gasteiger partial charge < -0.3 is 14.4 Å². The Hall–Kier alpha value is -2.47. The number of unbranched alkanes of at least 4 members (excludes halogenated alkanes) is 1. The highest BCUT2D eigenvalue weighted by Crippen LogP contribution is 2.23. The maximum absolute atomic E-state index is 13.1. The highest BCUT2D eigenvalue weighted by molar-refractivity contribution is 5.98. The summed E-state index contributed by atoms with van der Waals surface area (Å²) >= 11 is 0. The molecule has 0 spiro atoms. The Morgan fingerprint density at radius 1 is 1.03 bits per heavy atom. The second-order valence-electron chi connectivity index (χ2n) is 8.89. The van der Waals surface area contributed by atoms with Gasteiger partial charge >= 0.3 is 0 Å². The first-order valence-corrected chi connectivity index (χ1v) is 11.5. The molecule has 166 valence electrons. The molecular formula is C25H32FN3O2. The van der Waals surface area contributed by atoms with E-state index < -0.39 is 0 Å². The Labute approximate surface area is 183 Å². The zero-order chi connectivity index (χ0) is 21.8. The number of likely N-dealkylation sites (tertiary alicyclic amines) is 1. The minimum Gasteiger partial charge on any atom is -0.351 e. The van der Waals surface area contributed by atoms with Gasteiger partial charge in [0.05, 0.1) is 5.56 Å². The smallest absolute Gasteiger partial charge is 0.255 e. The number of ketones is 1. The van der Waals surface area contributed by atoms with Gasteiger partial charge in [0.1, 0.15) is 5.82 Å². The number of fused-ring (bicyclic) bond motifs is 1. The number of benzene rings is 1. The molecule has 3 heterocycles. The number of amides is 1. The molecule has 5 nitrogen and oxygen atoms in total. The zero-order valence-electron chi connectivity index (χ0n) is 18.4. The molecule has 1 saturated heterocycles. The number of halogens is 1. The van der Waals surface area contributed by atoms with Gasteiger partial charge in [0.2, 0.25) is 0 Å². The Bertz CT molecular complexity index is 913. The summed E-state index contributed by atoms with van der Waals surface area (Å²) in [6, 6.07) is 7.89. The third-order valence-corrected chi connectivity index (χ3v) is 6.77. The third kappa shape index (κ3) is 5.06. The number of aromatic nitrogens is 1. The van der Waals surface area contributed by atoms with Crippen LogP contribution in [0, 0.1) is 11.7 Å². The van der Waals surface area contributed by atoms with Crippen molar-refractivity contribution < 1.29 is 14.0 Å². The van der Waals surface area contributed by atoms with Crippen LogP contribution in [0.5, 0.6) is 0 Å².